The Labute approximate surface area is 114 Å². The maximum absolute atomic E-state index is 11.6. The fraction of sp³-hybridized carbons (Fsp3) is 0.500. The molecule has 19 heavy (non-hydrogen) atoms. The summed E-state index contributed by atoms with van der Waals surface area (Å²) in [6.45, 7) is 6.34. The molecule has 0 radical (unpaired) electrons. The lowest BCUT2D eigenvalue weighted by molar-refractivity contribution is 0.0688. The molecule has 0 aliphatic carbocycles. The first-order chi connectivity index (χ1) is 9.08. The Morgan fingerprint density at radius 3 is 2.37 bits per heavy atom. The number of nitrogens with one attached hydrogen (secondary N) is 2. The molecule has 1 aromatic rings. The van der Waals surface area contributed by atoms with Crippen LogP contribution >= 0.6 is 0 Å². The van der Waals surface area contributed by atoms with E-state index in [0.717, 1.165) is 11.3 Å². The predicted molar refractivity (Wildman–Crippen MR) is 73.9 cm³/mol. The number of hydroxylamine groups is 1. The van der Waals surface area contributed by atoms with Crippen molar-refractivity contribution >= 4 is 6.03 Å². The van der Waals surface area contributed by atoms with E-state index in [1.54, 1.807) is 7.11 Å². The Hall–Kier alpha value is -1.75. The number of hydrogen-bond donors (Lipinski definition) is 2. The molecule has 0 spiro atoms. The van der Waals surface area contributed by atoms with E-state index >= 15 is 0 Å². The lowest BCUT2D eigenvalue weighted by atomic mass is 9.96. The average molecular weight is 266 g/mol. The largest absolute Gasteiger partial charge is 0.497 e. The van der Waals surface area contributed by atoms with Crippen molar-refractivity contribution in [1.82, 2.24) is 10.8 Å². The molecule has 0 aromatic heterocycles. The van der Waals surface area contributed by atoms with Crippen LogP contribution in [0.4, 0.5) is 4.79 Å². The maximum Gasteiger partial charge on any atom is 0.339 e. The first-order valence-corrected chi connectivity index (χ1v) is 6.40. The molecule has 0 fully saturated rings. The monoisotopic (exact) mass is 266 g/mol. The molecule has 0 saturated carbocycles. The molecule has 1 aromatic carbocycles. The number of urea groups is 1. The summed E-state index contributed by atoms with van der Waals surface area (Å²) in [7, 11) is 1.63. The van der Waals surface area contributed by atoms with E-state index in [-0.39, 0.29) is 18.0 Å². The zero-order valence-corrected chi connectivity index (χ0v) is 11.9. The highest BCUT2D eigenvalue weighted by Crippen LogP contribution is 2.23. The van der Waals surface area contributed by atoms with E-state index < -0.39 is 0 Å². The fourth-order valence-electron chi connectivity index (χ4n) is 1.75. The van der Waals surface area contributed by atoms with Crippen molar-refractivity contribution in [3.8, 4) is 5.75 Å². The Balaban J connectivity index is 2.73. The fourth-order valence-corrected chi connectivity index (χ4v) is 1.75. The third kappa shape index (κ3) is 4.79. The van der Waals surface area contributed by atoms with Gasteiger partial charge in [-0.1, -0.05) is 26.0 Å². The number of benzene rings is 1. The zero-order valence-electron chi connectivity index (χ0n) is 11.9. The minimum atomic E-state index is -0.337. The molecule has 5 heteroatoms. The first kappa shape index (κ1) is 15.3. The first-order valence-electron chi connectivity index (χ1n) is 6.40. The van der Waals surface area contributed by atoms with Gasteiger partial charge in [0.05, 0.1) is 19.8 Å². The molecule has 1 atom stereocenters. The zero-order chi connectivity index (χ0) is 14.3. The topological polar surface area (TPSA) is 59.6 Å². The number of ether oxygens (including phenoxy) is 1. The van der Waals surface area contributed by atoms with E-state index in [9.17, 15) is 4.79 Å². The van der Waals surface area contributed by atoms with Gasteiger partial charge < -0.3 is 10.1 Å². The molecule has 5 nitrogen and oxygen atoms in total. The van der Waals surface area contributed by atoms with E-state index in [4.69, 9.17) is 9.57 Å². The Kier molecular flexibility index (Phi) is 6.15. The van der Waals surface area contributed by atoms with Crippen LogP contribution in [0.2, 0.25) is 0 Å². The third-order valence-electron chi connectivity index (χ3n) is 2.74. The number of amides is 2. The van der Waals surface area contributed by atoms with Gasteiger partial charge in [-0.05, 0) is 30.5 Å². The molecular weight excluding hydrogens is 244 g/mol. The van der Waals surface area contributed by atoms with Crippen LogP contribution in [0, 0.1) is 5.92 Å². The molecule has 0 aliphatic heterocycles. The van der Waals surface area contributed by atoms with Crippen molar-refractivity contribution in [2.24, 2.45) is 5.92 Å². The van der Waals surface area contributed by atoms with Crippen LogP contribution in [0.15, 0.2) is 24.3 Å². The summed E-state index contributed by atoms with van der Waals surface area (Å²) < 4.78 is 5.12. The summed E-state index contributed by atoms with van der Waals surface area (Å²) in [5, 5.41) is 2.89. The molecule has 0 unspecified atom stereocenters. The van der Waals surface area contributed by atoms with Crippen molar-refractivity contribution in [2.75, 3.05) is 13.7 Å². The maximum atomic E-state index is 11.6. The van der Waals surface area contributed by atoms with Crippen LogP contribution in [-0.4, -0.2) is 19.7 Å². The average Bonchev–Trinajstić information content (AvgIpc) is 2.42. The Morgan fingerprint density at radius 1 is 1.26 bits per heavy atom. The second-order valence-corrected chi connectivity index (χ2v) is 4.50. The van der Waals surface area contributed by atoms with Crippen molar-refractivity contribution in [2.45, 2.75) is 26.8 Å². The Morgan fingerprint density at radius 2 is 1.89 bits per heavy atom. The quantitative estimate of drug-likeness (QED) is 0.778. The van der Waals surface area contributed by atoms with Crippen LogP contribution in [0.1, 0.15) is 32.4 Å². The molecule has 0 bridgehead atoms. The Bertz CT molecular complexity index is 390. The van der Waals surface area contributed by atoms with Crippen LogP contribution < -0.4 is 15.5 Å². The van der Waals surface area contributed by atoms with E-state index in [0.29, 0.717) is 6.61 Å². The smallest absolute Gasteiger partial charge is 0.339 e. The van der Waals surface area contributed by atoms with Crippen LogP contribution in [0.5, 0.6) is 5.75 Å². The molecule has 2 N–H and O–H groups in total. The van der Waals surface area contributed by atoms with Gasteiger partial charge in [-0.25, -0.2) is 10.3 Å². The lowest BCUT2D eigenvalue weighted by Crippen LogP contribution is -2.39. The molecule has 0 heterocycles. The highest BCUT2D eigenvalue weighted by molar-refractivity contribution is 5.73. The normalized spacial score (nSPS) is 12.1. The SMILES string of the molecule is CCONC(=O)N[C@H](c1ccc(OC)cc1)C(C)C. The number of rotatable bonds is 6. The molecule has 1 rings (SSSR count). The summed E-state index contributed by atoms with van der Waals surface area (Å²) in [5.74, 6) is 1.06. The van der Waals surface area contributed by atoms with Crippen molar-refractivity contribution in [1.29, 1.82) is 0 Å². The molecule has 2 amide bonds. The summed E-state index contributed by atoms with van der Waals surface area (Å²) in [4.78, 5) is 16.5. The number of carbonyl (C=O) groups is 1. The summed E-state index contributed by atoms with van der Waals surface area (Å²) in [5.41, 5.74) is 3.37. The summed E-state index contributed by atoms with van der Waals surface area (Å²) >= 11 is 0. The van der Waals surface area contributed by atoms with Gasteiger partial charge in [0.15, 0.2) is 0 Å². The van der Waals surface area contributed by atoms with E-state index in [1.807, 2.05) is 31.2 Å². The molecular formula is C14H22N2O3. The van der Waals surface area contributed by atoms with Crippen LogP contribution in [0.3, 0.4) is 0 Å². The highest BCUT2D eigenvalue weighted by Gasteiger charge is 2.18. The standard InChI is InChI=1S/C14H22N2O3/c1-5-19-16-14(17)15-13(10(2)3)11-6-8-12(18-4)9-7-11/h6-10,13H,5H2,1-4H3,(H2,15,16,17)/t13-/m0/s1. The van der Waals surface area contributed by atoms with Crippen LogP contribution in [-0.2, 0) is 4.84 Å². The van der Waals surface area contributed by atoms with Gasteiger partial charge in [0.1, 0.15) is 5.75 Å². The number of carbonyl (C=O) groups excluding carboxylic acids is 1. The van der Waals surface area contributed by atoms with E-state index in [1.165, 1.54) is 0 Å². The van der Waals surface area contributed by atoms with Gasteiger partial charge in [-0.15, -0.1) is 0 Å². The number of methoxy groups -OCH3 is 1. The lowest BCUT2D eigenvalue weighted by Gasteiger charge is -2.23. The molecule has 0 saturated heterocycles. The van der Waals surface area contributed by atoms with Gasteiger partial charge in [0.25, 0.3) is 0 Å². The predicted octanol–water partition coefficient (Wildman–Crippen LogP) is 2.64. The van der Waals surface area contributed by atoms with Crippen LogP contribution in [0.25, 0.3) is 0 Å². The highest BCUT2D eigenvalue weighted by atomic mass is 16.7. The van der Waals surface area contributed by atoms with Gasteiger partial charge in [0.2, 0.25) is 0 Å². The molecule has 106 valence electrons. The van der Waals surface area contributed by atoms with Gasteiger partial charge in [-0.3, -0.25) is 4.84 Å². The number of hydrogen-bond acceptors (Lipinski definition) is 3. The summed E-state index contributed by atoms with van der Waals surface area (Å²) in [6.07, 6.45) is 0. The second kappa shape index (κ2) is 7.63. The van der Waals surface area contributed by atoms with Gasteiger partial charge in [-0.2, -0.15) is 0 Å². The summed E-state index contributed by atoms with van der Waals surface area (Å²) in [6, 6.07) is 7.25. The third-order valence-corrected chi connectivity index (χ3v) is 2.74. The molecule has 0 aliphatic rings. The minimum absolute atomic E-state index is 0.0774. The van der Waals surface area contributed by atoms with Gasteiger partial charge in [0, 0.05) is 0 Å². The minimum Gasteiger partial charge on any atom is -0.497 e. The van der Waals surface area contributed by atoms with Crippen molar-refractivity contribution in [3.05, 3.63) is 29.8 Å². The van der Waals surface area contributed by atoms with E-state index in [2.05, 4.69) is 24.6 Å². The van der Waals surface area contributed by atoms with Crippen molar-refractivity contribution < 1.29 is 14.4 Å². The van der Waals surface area contributed by atoms with Crippen molar-refractivity contribution in [3.63, 3.8) is 0 Å². The second-order valence-electron chi connectivity index (χ2n) is 4.50. The van der Waals surface area contributed by atoms with Gasteiger partial charge >= 0.3 is 6.03 Å².